The zero-order chi connectivity index (χ0) is 14.5. The standard InChI is InChI=1S/C14H18FN3O2/c1-4-7-16-9(2)14-17-13(18-20-14)10-5-6-11(15)12(8-10)19-3/h5-6,8-9,16H,4,7H2,1-3H3. The maximum Gasteiger partial charge on any atom is 0.243 e. The summed E-state index contributed by atoms with van der Waals surface area (Å²) in [5.41, 5.74) is 0.654. The lowest BCUT2D eigenvalue weighted by molar-refractivity contribution is 0.340. The highest BCUT2D eigenvalue weighted by Gasteiger charge is 2.15. The highest BCUT2D eigenvalue weighted by Crippen LogP contribution is 2.25. The second-order valence-corrected chi connectivity index (χ2v) is 4.48. The van der Waals surface area contributed by atoms with Crippen molar-refractivity contribution in [1.29, 1.82) is 0 Å². The van der Waals surface area contributed by atoms with E-state index in [4.69, 9.17) is 9.26 Å². The first-order valence-corrected chi connectivity index (χ1v) is 6.56. The van der Waals surface area contributed by atoms with Crippen LogP contribution in [0.2, 0.25) is 0 Å². The highest BCUT2D eigenvalue weighted by molar-refractivity contribution is 5.57. The van der Waals surface area contributed by atoms with Gasteiger partial charge in [-0.05, 0) is 38.1 Å². The molecule has 0 aliphatic carbocycles. The third-order valence-electron chi connectivity index (χ3n) is 2.92. The lowest BCUT2D eigenvalue weighted by Gasteiger charge is -2.06. The maximum atomic E-state index is 13.4. The number of rotatable bonds is 6. The molecule has 1 heterocycles. The quantitative estimate of drug-likeness (QED) is 0.881. The van der Waals surface area contributed by atoms with Crippen molar-refractivity contribution in [2.75, 3.05) is 13.7 Å². The van der Waals surface area contributed by atoms with Crippen molar-refractivity contribution in [1.82, 2.24) is 15.5 Å². The topological polar surface area (TPSA) is 60.2 Å². The van der Waals surface area contributed by atoms with Gasteiger partial charge in [0.25, 0.3) is 0 Å². The molecule has 0 aliphatic rings. The SMILES string of the molecule is CCCNC(C)c1nc(-c2ccc(F)c(OC)c2)no1. The first-order chi connectivity index (χ1) is 9.65. The van der Waals surface area contributed by atoms with Crippen LogP contribution in [0.25, 0.3) is 11.4 Å². The summed E-state index contributed by atoms with van der Waals surface area (Å²) in [5.74, 6) is 0.671. The van der Waals surface area contributed by atoms with Gasteiger partial charge in [0, 0.05) is 5.56 Å². The Balaban J connectivity index is 2.20. The molecule has 1 N–H and O–H groups in total. The van der Waals surface area contributed by atoms with E-state index in [1.54, 1.807) is 12.1 Å². The summed E-state index contributed by atoms with van der Waals surface area (Å²) in [6.45, 7) is 4.92. The smallest absolute Gasteiger partial charge is 0.243 e. The van der Waals surface area contributed by atoms with Gasteiger partial charge in [0.05, 0.1) is 13.2 Å². The first-order valence-electron chi connectivity index (χ1n) is 6.56. The Hall–Kier alpha value is -1.95. The number of ether oxygens (including phenoxy) is 1. The predicted octanol–water partition coefficient (Wildman–Crippen LogP) is 2.94. The van der Waals surface area contributed by atoms with Gasteiger partial charge in [0.15, 0.2) is 11.6 Å². The summed E-state index contributed by atoms with van der Waals surface area (Å²) in [4.78, 5) is 4.32. The Kier molecular flexibility index (Phi) is 4.68. The highest BCUT2D eigenvalue weighted by atomic mass is 19.1. The van der Waals surface area contributed by atoms with E-state index in [-0.39, 0.29) is 11.8 Å². The average molecular weight is 279 g/mol. The number of hydrogen-bond donors (Lipinski definition) is 1. The fourth-order valence-electron chi connectivity index (χ4n) is 1.78. The summed E-state index contributed by atoms with van der Waals surface area (Å²) < 4.78 is 23.5. The molecule has 108 valence electrons. The van der Waals surface area contributed by atoms with Crippen molar-refractivity contribution in [3.05, 3.63) is 29.9 Å². The molecular weight excluding hydrogens is 261 g/mol. The van der Waals surface area contributed by atoms with E-state index in [0.717, 1.165) is 13.0 Å². The lowest BCUT2D eigenvalue weighted by Crippen LogP contribution is -2.19. The summed E-state index contributed by atoms with van der Waals surface area (Å²) in [6.07, 6.45) is 1.03. The molecule has 5 nitrogen and oxygen atoms in total. The molecule has 6 heteroatoms. The first kappa shape index (κ1) is 14.5. The molecule has 0 fully saturated rings. The number of halogens is 1. The molecule has 1 aromatic heterocycles. The minimum absolute atomic E-state index is 0.0152. The molecule has 0 amide bonds. The Morgan fingerprint density at radius 3 is 2.95 bits per heavy atom. The van der Waals surface area contributed by atoms with E-state index in [1.807, 2.05) is 6.92 Å². The van der Waals surface area contributed by atoms with Crippen LogP contribution in [-0.2, 0) is 0 Å². The molecule has 1 atom stereocenters. The van der Waals surface area contributed by atoms with Crippen LogP contribution < -0.4 is 10.1 Å². The Labute approximate surface area is 117 Å². The van der Waals surface area contributed by atoms with Crippen molar-refractivity contribution >= 4 is 0 Å². The number of methoxy groups -OCH3 is 1. The van der Waals surface area contributed by atoms with Gasteiger partial charge < -0.3 is 14.6 Å². The molecule has 2 rings (SSSR count). The maximum absolute atomic E-state index is 13.4. The van der Waals surface area contributed by atoms with Crippen molar-refractivity contribution in [2.45, 2.75) is 26.3 Å². The molecule has 1 aromatic carbocycles. The van der Waals surface area contributed by atoms with Crippen LogP contribution in [0.3, 0.4) is 0 Å². The molecule has 20 heavy (non-hydrogen) atoms. The Bertz CT molecular complexity index is 571. The third kappa shape index (κ3) is 3.14. The van der Waals surface area contributed by atoms with Crippen molar-refractivity contribution in [2.24, 2.45) is 0 Å². The predicted molar refractivity (Wildman–Crippen MR) is 73.0 cm³/mol. The van der Waals surface area contributed by atoms with E-state index >= 15 is 0 Å². The molecule has 0 radical (unpaired) electrons. The molecule has 0 saturated heterocycles. The minimum Gasteiger partial charge on any atom is -0.494 e. The van der Waals surface area contributed by atoms with Gasteiger partial charge in [-0.25, -0.2) is 4.39 Å². The molecule has 2 aromatic rings. The summed E-state index contributed by atoms with van der Waals surface area (Å²) >= 11 is 0. The number of nitrogens with one attached hydrogen (secondary N) is 1. The van der Waals surface area contributed by atoms with Gasteiger partial charge in [-0.15, -0.1) is 0 Å². The van der Waals surface area contributed by atoms with Crippen LogP contribution in [-0.4, -0.2) is 23.8 Å². The molecule has 1 unspecified atom stereocenters. The van der Waals surface area contributed by atoms with Gasteiger partial charge in [-0.1, -0.05) is 12.1 Å². The van der Waals surface area contributed by atoms with Crippen LogP contribution >= 0.6 is 0 Å². The third-order valence-corrected chi connectivity index (χ3v) is 2.92. The molecular formula is C14H18FN3O2. The monoisotopic (exact) mass is 279 g/mol. The lowest BCUT2D eigenvalue weighted by atomic mass is 10.2. The minimum atomic E-state index is -0.419. The van der Waals surface area contributed by atoms with Gasteiger partial charge >= 0.3 is 0 Å². The van der Waals surface area contributed by atoms with Crippen LogP contribution in [0.1, 0.15) is 32.2 Å². The number of nitrogens with zero attached hydrogens (tertiary/aromatic N) is 2. The van der Waals surface area contributed by atoms with Gasteiger partial charge in [-0.3, -0.25) is 0 Å². The fourth-order valence-corrected chi connectivity index (χ4v) is 1.78. The molecule has 0 bridgehead atoms. The van der Waals surface area contributed by atoms with Crippen LogP contribution in [0.5, 0.6) is 5.75 Å². The summed E-state index contributed by atoms with van der Waals surface area (Å²) in [5, 5.41) is 7.18. The zero-order valence-corrected chi connectivity index (χ0v) is 11.8. The molecule has 0 spiro atoms. The fraction of sp³-hybridized carbons (Fsp3) is 0.429. The van der Waals surface area contributed by atoms with Crippen LogP contribution in [0, 0.1) is 5.82 Å². The van der Waals surface area contributed by atoms with E-state index in [0.29, 0.717) is 17.3 Å². The summed E-state index contributed by atoms with van der Waals surface area (Å²) in [7, 11) is 1.42. The zero-order valence-electron chi connectivity index (χ0n) is 11.8. The number of benzene rings is 1. The van der Waals surface area contributed by atoms with Gasteiger partial charge in [-0.2, -0.15) is 4.98 Å². The van der Waals surface area contributed by atoms with E-state index < -0.39 is 5.82 Å². The van der Waals surface area contributed by atoms with Crippen molar-refractivity contribution in [3.63, 3.8) is 0 Å². The second-order valence-electron chi connectivity index (χ2n) is 4.48. The van der Waals surface area contributed by atoms with Gasteiger partial charge in [0.2, 0.25) is 11.7 Å². The number of hydrogen-bond acceptors (Lipinski definition) is 5. The van der Waals surface area contributed by atoms with Crippen LogP contribution in [0.15, 0.2) is 22.7 Å². The largest absolute Gasteiger partial charge is 0.494 e. The van der Waals surface area contributed by atoms with Gasteiger partial charge in [0.1, 0.15) is 0 Å². The Morgan fingerprint density at radius 2 is 2.25 bits per heavy atom. The summed E-state index contributed by atoms with van der Waals surface area (Å²) in [6, 6.07) is 4.45. The van der Waals surface area contributed by atoms with Crippen molar-refractivity contribution < 1.29 is 13.7 Å². The Morgan fingerprint density at radius 1 is 1.45 bits per heavy atom. The van der Waals surface area contributed by atoms with E-state index in [1.165, 1.54) is 13.2 Å². The second kappa shape index (κ2) is 6.47. The number of aromatic nitrogens is 2. The van der Waals surface area contributed by atoms with Crippen molar-refractivity contribution in [3.8, 4) is 17.1 Å². The average Bonchev–Trinajstić information content (AvgIpc) is 2.95. The van der Waals surface area contributed by atoms with E-state index in [9.17, 15) is 4.39 Å². The van der Waals surface area contributed by atoms with Crippen LogP contribution in [0.4, 0.5) is 4.39 Å². The normalized spacial score (nSPS) is 12.4. The van der Waals surface area contributed by atoms with E-state index in [2.05, 4.69) is 22.4 Å². The molecule has 0 aliphatic heterocycles. The molecule has 0 saturated carbocycles.